The minimum Gasteiger partial charge on any atom is -0.374 e. The number of ether oxygens (including phenoxy) is 1. The van der Waals surface area contributed by atoms with Gasteiger partial charge in [-0.25, -0.2) is 0 Å². The SMILES string of the molecule is C=CCOC1CCC(=O)CC1.O=C1CCC(C2CCCCC2)CC1. The van der Waals surface area contributed by atoms with E-state index in [9.17, 15) is 9.59 Å². The van der Waals surface area contributed by atoms with E-state index in [0.717, 1.165) is 37.5 Å². The highest BCUT2D eigenvalue weighted by Crippen LogP contribution is 2.37. The van der Waals surface area contributed by atoms with E-state index in [1.54, 1.807) is 6.08 Å². The van der Waals surface area contributed by atoms with Gasteiger partial charge in [0.15, 0.2) is 0 Å². The maximum Gasteiger partial charge on any atom is 0.133 e. The highest BCUT2D eigenvalue weighted by molar-refractivity contribution is 5.79. The van der Waals surface area contributed by atoms with Gasteiger partial charge in [0.1, 0.15) is 11.6 Å². The summed E-state index contributed by atoms with van der Waals surface area (Å²) in [6, 6.07) is 0. The molecule has 3 fully saturated rings. The Bertz CT molecular complexity index is 387. The van der Waals surface area contributed by atoms with Crippen LogP contribution in [0.3, 0.4) is 0 Å². The molecular weight excluding hydrogens is 300 g/mol. The summed E-state index contributed by atoms with van der Waals surface area (Å²) in [4.78, 5) is 21.9. The fourth-order valence-electron chi connectivity index (χ4n) is 4.32. The Balaban J connectivity index is 0.000000177. The third kappa shape index (κ3) is 6.88. The molecule has 3 rings (SSSR count). The third-order valence-electron chi connectivity index (χ3n) is 5.84. The van der Waals surface area contributed by atoms with Crippen LogP contribution in [0.15, 0.2) is 12.7 Å². The Morgan fingerprint density at radius 1 is 0.792 bits per heavy atom. The van der Waals surface area contributed by atoms with Gasteiger partial charge in [0.05, 0.1) is 12.7 Å². The molecule has 0 spiro atoms. The van der Waals surface area contributed by atoms with Crippen LogP contribution in [0.2, 0.25) is 0 Å². The Hall–Kier alpha value is -0.960. The number of hydrogen-bond acceptors (Lipinski definition) is 3. The Morgan fingerprint density at radius 3 is 1.83 bits per heavy atom. The van der Waals surface area contributed by atoms with Crippen molar-refractivity contribution in [1.82, 2.24) is 0 Å². The van der Waals surface area contributed by atoms with Gasteiger partial charge < -0.3 is 4.74 Å². The van der Waals surface area contributed by atoms with Crippen molar-refractivity contribution in [2.45, 2.75) is 89.6 Å². The van der Waals surface area contributed by atoms with Gasteiger partial charge >= 0.3 is 0 Å². The normalized spacial score (nSPS) is 24.3. The molecule has 0 amide bonds. The second-order valence-electron chi connectivity index (χ2n) is 7.63. The lowest BCUT2D eigenvalue weighted by molar-refractivity contribution is -0.123. The van der Waals surface area contributed by atoms with Crippen molar-refractivity contribution in [3.05, 3.63) is 12.7 Å². The van der Waals surface area contributed by atoms with Crippen molar-refractivity contribution in [1.29, 1.82) is 0 Å². The van der Waals surface area contributed by atoms with E-state index >= 15 is 0 Å². The molecule has 0 aromatic rings. The lowest BCUT2D eigenvalue weighted by Gasteiger charge is -2.32. The summed E-state index contributed by atoms with van der Waals surface area (Å²) in [7, 11) is 0. The molecule has 0 radical (unpaired) electrons. The molecule has 0 aliphatic heterocycles. The summed E-state index contributed by atoms with van der Waals surface area (Å²) >= 11 is 0. The topological polar surface area (TPSA) is 43.4 Å². The van der Waals surface area contributed by atoms with Crippen molar-refractivity contribution >= 4 is 11.6 Å². The number of Topliss-reactive ketones (excluding diaryl/α,β-unsaturated/α-hetero) is 2. The van der Waals surface area contributed by atoms with Crippen molar-refractivity contribution < 1.29 is 14.3 Å². The van der Waals surface area contributed by atoms with Gasteiger partial charge in [-0.2, -0.15) is 0 Å². The second-order valence-corrected chi connectivity index (χ2v) is 7.63. The first-order valence-electron chi connectivity index (χ1n) is 9.95. The monoisotopic (exact) mass is 334 g/mol. The lowest BCUT2D eigenvalue weighted by Crippen LogP contribution is -2.23. The molecule has 0 unspecified atom stereocenters. The summed E-state index contributed by atoms with van der Waals surface area (Å²) < 4.78 is 5.41. The summed E-state index contributed by atoms with van der Waals surface area (Å²) in [5.74, 6) is 2.76. The van der Waals surface area contributed by atoms with Gasteiger partial charge in [-0.1, -0.05) is 38.2 Å². The Labute approximate surface area is 147 Å². The highest BCUT2D eigenvalue weighted by Gasteiger charge is 2.27. The molecule has 3 saturated carbocycles. The maximum atomic E-state index is 11.1. The van der Waals surface area contributed by atoms with Crippen LogP contribution < -0.4 is 0 Å². The average Bonchev–Trinajstić information content (AvgIpc) is 2.63. The summed E-state index contributed by atoms with van der Waals surface area (Å²) in [5.41, 5.74) is 0. The van der Waals surface area contributed by atoms with Gasteiger partial charge in [0.25, 0.3) is 0 Å². The largest absolute Gasteiger partial charge is 0.374 e. The zero-order chi connectivity index (χ0) is 17.2. The van der Waals surface area contributed by atoms with E-state index in [0.29, 0.717) is 37.1 Å². The smallest absolute Gasteiger partial charge is 0.133 e. The van der Waals surface area contributed by atoms with Gasteiger partial charge in [0, 0.05) is 25.7 Å². The van der Waals surface area contributed by atoms with E-state index in [2.05, 4.69) is 6.58 Å². The predicted octanol–water partition coefficient (Wildman–Crippen LogP) is 5.03. The predicted molar refractivity (Wildman–Crippen MR) is 97.0 cm³/mol. The van der Waals surface area contributed by atoms with Crippen LogP contribution in [0.4, 0.5) is 0 Å². The van der Waals surface area contributed by atoms with Crippen molar-refractivity contribution in [3.63, 3.8) is 0 Å². The Morgan fingerprint density at radius 2 is 1.29 bits per heavy atom. The summed E-state index contributed by atoms with van der Waals surface area (Å²) in [6.07, 6.45) is 16.6. The van der Waals surface area contributed by atoms with Crippen LogP contribution in [-0.4, -0.2) is 24.3 Å². The van der Waals surface area contributed by atoms with Crippen molar-refractivity contribution in [3.8, 4) is 0 Å². The fourth-order valence-corrected chi connectivity index (χ4v) is 4.32. The lowest BCUT2D eigenvalue weighted by atomic mass is 9.73. The van der Waals surface area contributed by atoms with Crippen molar-refractivity contribution in [2.75, 3.05) is 6.61 Å². The van der Waals surface area contributed by atoms with Gasteiger partial charge in [-0.15, -0.1) is 6.58 Å². The van der Waals surface area contributed by atoms with E-state index in [-0.39, 0.29) is 0 Å². The van der Waals surface area contributed by atoms with Crippen LogP contribution in [0, 0.1) is 11.8 Å². The standard InChI is InChI=1S/C12H20O.C9H14O2/c13-12-8-6-11(7-9-12)10-4-2-1-3-5-10;1-2-7-11-9-5-3-8(10)4-6-9/h10-11H,1-9H2;2,9H,1,3-7H2. The first-order chi connectivity index (χ1) is 11.7. The molecule has 0 bridgehead atoms. The van der Waals surface area contributed by atoms with Crippen molar-refractivity contribution in [2.24, 2.45) is 11.8 Å². The molecule has 24 heavy (non-hydrogen) atoms. The molecular formula is C21H34O3. The van der Waals surface area contributed by atoms with E-state index in [1.807, 2.05) is 0 Å². The van der Waals surface area contributed by atoms with Crippen LogP contribution in [-0.2, 0) is 14.3 Å². The number of ketones is 2. The molecule has 3 heteroatoms. The van der Waals surface area contributed by atoms with Crippen LogP contribution in [0.25, 0.3) is 0 Å². The minimum atomic E-state index is 0.297. The molecule has 0 heterocycles. The average molecular weight is 335 g/mol. The van der Waals surface area contributed by atoms with Crippen LogP contribution >= 0.6 is 0 Å². The zero-order valence-electron chi connectivity index (χ0n) is 15.1. The molecule has 3 nitrogen and oxygen atoms in total. The molecule has 0 aromatic heterocycles. The van der Waals surface area contributed by atoms with Gasteiger partial charge in [-0.05, 0) is 37.5 Å². The summed E-state index contributed by atoms with van der Waals surface area (Å²) in [5, 5.41) is 0. The number of carbonyl (C=O) groups is 2. The molecule has 0 atom stereocenters. The van der Waals surface area contributed by atoms with E-state index in [1.165, 1.54) is 44.9 Å². The highest BCUT2D eigenvalue weighted by atomic mass is 16.5. The number of carbonyl (C=O) groups excluding carboxylic acids is 2. The fraction of sp³-hybridized carbons (Fsp3) is 0.810. The Kier molecular flexibility index (Phi) is 8.72. The molecule has 0 saturated heterocycles. The van der Waals surface area contributed by atoms with Gasteiger partial charge in [0.2, 0.25) is 0 Å². The van der Waals surface area contributed by atoms with Gasteiger partial charge in [-0.3, -0.25) is 9.59 Å². The van der Waals surface area contributed by atoms with Crippen LogP contribution in [0.5, 0.6) is 0 Å². The third-order valence-corrected chi connectivity index (χ3v) is 5.84. The molecule has 3 aliphatic rings. The summed E-state index contributed by atoms with van der Waals surface area (Å²) in [6.45, 7) is 4.18. The molecule has 0 N–H and O–H groups in total. The van der Waals surface area contributed by atoms with Crippen LogP contribution in [0.1, 0.15) is 83.5 Å². The first-order valence-corrected chi connectivity index (χ1v) is 9.95. The zero-order valence-corrected chi connectivity index (χ0v) is 15.1. The minimum absolute atomic E-state index is 0.297. The molecule has 3 aliphatic carbocycles. The second kappa shape index (κ2) is 10.8. The molecule has 136 valence electrons. The first kappa shape index (κ1) is 19.4. The number of rotatable bonds is 4. The van der Waals surface area contributed by atoms with E-state index < -0.39 is 0 Å². The quantitative estimate of drug-likeness (QED) is 0.677. The van der Waals surface area contributed by atoms with E-state index in [4.69, 9.17) is 4.74 Å². The molecule has 0 aromatic carbocycles. The number of hydrogen-bond donors (Lipinski definition) is 0. The maximum absolute atomic E-state index is 11.1.